The van der Waals surface area contributed by atoms with E-state index in [1.54, 1.807) is 6.08 Å². The van der Waals surface area contributed by atoms with E-state index in [2.05, 4.69) is 13.0 Å². The third-order valence-electron chi connectivity index (χ3n) is 3.13. The number of hydrogen-bond donors (Lipinski definition) is 2. The highest BCUT2D eigenvalue weighted by molar-refractivity contribution is 5.68. The van der Waals surface area contributed by atoms with Crippen LogP contribution in [0, 0.1) is 0 Å². The molecule has 2 N–H and O–H groups in total. The molecule has 3 nitrogen and oxygen atoms in total. The van der Waals surface area contributed by atoms with Gasteiger partial charge in [-0.05, 0) is 32.1 Å². The van der Waals surface area contributed by atoms with E-state index in [0.29, 0.717) is 0 Å². The molecule has 21 heavy (non-hydrogen) atoms. The van der Waals surface area contributed by atoms with Crippen LogP contribution in [0.3, 0.4) is 0 Å². The first-order valence-electron chi connectivity index (χ1n) is 8.05. The zero-order valence-electron chi connectivity index (χ0n) is 13.2. The zero-order valence-corrected chi connectivity index (χ0v) is 13.2. The second-order valence-corrected chi connectivity index (χ2v) is 5.23. The van der Waals surface area contributed by atoms with Gasteiger partial charge in [-0.15, -0.1) is 0 Å². The quantitative estimate of drug-likeness (QED) is 0.296. The Balaban J connectivity index is 3.50. The summed E-state index contributed by atoms with van der Waals surface area (Å²) in [6, 6.07) is 0. The van der Waals surface area contributed by atoms with Crippen molar-refractivity contribution < 1.29 is 15.0 Å². The molecule has 0 spiro atoms. The standard InChI is InChI=1S/C18H30O3/c1-2-3-4-5-6-8-11-14-17(19)15-12-9-7-10-13-16-18(20)21/h6,8,10-11,13-14,17,19H,2-5,7,9,12,15-16H2,1H3,(H,20,21)/b8-6-,13-10+,14-11+. The lowest BCUT2D eigenvalue weighted by atomic mass is 10.1. The molecule has 0 aromatic carbocycles. The highest BCUT2D eigenvalue weighted by Gasteiger charge is 1.97. The number of unbranched alkanes of at least 4 members (excludes halogenated alkanes) is 5. The number of allylic oxidation sites excluding steroid dienone is 4. The lowest BCUT2D eigenvalue weighted by Gasteiger charge is -2.03. The molecule has 0 radical (unpaired) electrons. The largest absolute Gasteiger partial charge is 0.481 e. The third-order valence-corrected chi connectivity index (χ3v) is 3.13. The van der Waals surface area contributed by atoms with Gasteiger partial charge in [0.1, 0.15) is 0 Å². The molecule has 0 saturated carbocycles. The molecule has 0 saturated heterocycles. The van der Waals surface area contributed by atoms with Gasteiger partial charge in [0.05, 0.1) is 12.5 Å². The fourth-order valence-electron chi connectivity index (χ4n) is 1.89. The van der Waals surface area contributed by atoms with Crippen LogP contribution in [-0.4, -0.2) is 22.3 Å². The van der Waals surface area contributed by atoms with Gasteiger partial charge < -0.3 is 10.2 Å². The van der Waals surface area contributed by atoms with Crippen molar-refractivity contribution in [3.63, 3.8) is 0 Å². The molecule has 0 aliphatic rings. The van der Waals surface area contributed by atoms with E-state index in [-0.39, 0.29) is 12.5 Å². The summed E-state index contributed by atoms with van der Waals surface area (Å²) in [7, 11) is 0. The van der Waals surface area contributed by atoms with Crippen LogP contribution in [0.5, 0.6) is 0 Å². The normalized spacial score (nSPS) is 13.6. The summed E-state index contributed by atoms with van der Waals surface area (Å²) in [6.45, 7) is 2.20. The van der Waals surface area contributed by atoms with Crippen LogP contribution >= 0.6 is 0 Å². The summed E-state index contributed by atoms with van der Waals surface area (Å²) in [4.78, 5) is 10.3. The molecule has 0 rings (SSSR count). The van der Waals surface area contributed by atoms with Crippen molar-refractivity contribution in [2.45, 2.75) is 70.8 Å². The van der Waals surface area contributed by atoms with E-state index in [1.807, 2.05) is 24.3 Å². The predicted octanol–water partition coefficient (Wildman–Crippen LogP) is 4.63. The third kappa shape index (κ3) is 16.6. The Morgan fingerprint density at radius 1 is 1.00 bits per heavy atom. The van der Waals surface area contributed by atoms with Crippen molar-refractivity contribution in [1.29, 1.82) is 0 Å². The molecule has 0 aliphatic heterocycles. The van der Waals surface area contributed by atoms with Gasteiger partial charge in [-0.1, -0.05) is 62.6 Å². The monoisotopic (exact) mass is 294 g/mol. The lowest BCUT2D eigenvalue weighted by molar-refractivity contribution is -0.136. The van der Waals surface area contributed by atoms with Gasteiger partial charge in [0, 0.05) is 0 Å². The summed E-state index contributed by atoms with van der Waals surface area (Å²) in [5, 5.41) is 18.2. The van der Waals surface area contributed by atoms with Crippen LogP contribution in [0.4, 0.5) is 0 Å². The second kappa shape index (κ2) is 15.0. The topological polar surface area (TPSA) is 57.5 Å². The molecule has 120 valence electrons. The summed E-state index contributed by atoms with van der Waals surface area (Å²) < 4.78 is 0. The maximum atomic E-state index is 10.3. The number of aliphatic carboxylic acids is 1. The van der Waals surface area contributed by atoms with Crippen molar-refractivity contribution in [2.24, 2.45) is 0 Å². The molecule has 0 fully saturated rings. The van der Waals surface area contributed by atoms with E-state index in [0.717, 1.165) is 32.1 Å². The predicted molar refractivity (Wildman–Crippen MR) is 88.3 cm³/mol. The fraction of sp³-hybridized carbons (Fsp3) is 0.611. The summed E-state index contributed by atoms with van der Waals surface area (Å²) in [5.74, 6) is -0.797. The van der Waals surface area contributed by atoms with E-state index in [4.69, 9.17) is 5.11 Å². The highest BCUT2D eigenvalue weighted by Crippen LogP contribution is 2.06. The van der Waals surface area contributed by atoms with Crippen LogP contribution < -0.4 is 0 Å². The molecule has 0 bridgehead atoms. The Hall–Kier alpha value is -1.35. The lowest BCUT2D eigenvalue weighted by Crippen LogP contribution is -2.00. The number of carboxylic acid groups (broad SMARTS) is 1. The van der Waals surface area contributed by atoms with Gasteiger partial charge in [-0.25, -0.2) is 0 Å². The Morgan fingerprint density at radius 2 is 1.71 bits per heavy atom. The SMILES string of the molecule is CCCCC/C=C\C=C\C(O)CCCC/C=C/CC(=O)O. The Labute approximate surface area is 129 Å². The number of carboxylic acids is 1. The number of aliphatic hydroxyl groups excluding tert-OH is 1. The van der Waals surface area contributed by atoms with Crippen LogP contribution in [0.2, 0.25) is 0 Å². The molecule has 0 aromatic heterocycles. The Kier molecular flexibility index (Phi) is 14.1. The maximum absolute atomic E-state index is 10.3. The number of carbonyl (C=O) groups is 1. The first-order valence-corrected chi connectivity index (χ1v) is 8.05. The van der Waals surface area contributed by atoms with Gasteiger partial charge in [0.15, 0.2) is 0 Å². The Morgan fingerprint density at radius 3 is 2.43 bits per heavy atom. The van der Waals surface area contributed by atoms with Gasteiger partial charge in [0.2, 0.25) is 0 Å². The van der Waals surface area contributed by atoms with Crippen LogP contribution in [-0.2, 0) is 4.79 Å². The molecular formula is C18H30O3. The number of rotatable bonds is 13. The van der Waals surface area contributed by atoms with Crippen molar-refractivity contribution >= 4 is 5.97 Å². The average Bonchev–Trinajstić information content (AvgIpc) is 2.45. The molecule has 3 heteroatoms. The maximum Gasteiger partial charge on any atom is 0.307 e. The molecule has 1 unspecified atom stereocenters. The van der Waals surface area contributed by atoms with Crippen molar-refractivity contribution in [3.05, 3.63) is 36.5 Å². The van der Waals surface area contributed by atoms with Gasteiger partial charge in [-0.2, -0.15) is 0 Å². The summed E-state index contributed by atoms with van der Waals surface area (Å²) in [6.07, 6.45) is 19.6. The van der Waals surface area contributed by atoms with E-state index >= 15 is 0 Å². The minimum atomic E-state index is -0.797. The van der Waals surface area contributed by atoms with Crippen LogP contribution in [0.25, 0.3) is 0 Å². The van der Waals surface area contributed by atoms with Gasteiger partial charge >= 0.3 is 5.97 Å². The molecule has 0 aromatic rings. The van der Waals surface area contributed by atoms with Crippen molar-refractivity contribution in [3.8, 4) is 0 Å². The summed E-state index contributed by atoms with van der Waals surface area (Å²) >= 11 is 0. The van der Waals surface area contributed by atoms with Crippen LogP contribution in [0.1, 0.15) is 64.7 Å². The van der Waals surface area contributed by atoms with E-state index in [9.17, 15) is 9.90 Å². The Bertz CT molecular complexity index is 329. The first-order chi connectivity index (χ1) is 10.2. The molecule has 0 amide bonds. The highest BCUT2D eigenvalue weighted by atomic mass is 16.4. The minimum absolute atomic E-state index is 0.0932. The number of hydrogen-bond acceptors (Lipinski definition) is 2. The van der Waals surface area contributed by atoms with E-state index < -0.39 is 5.97 Å². The average molecular weight is 294 g/mol. The van der Waals surface area contributed by atoms with Gasteiger partial charge in [-0.3, -0.25) is 4.79 Å². The molecular weight excluding hydrogens is 264 g/mol. The van der Waals surface area contributed by atoms with Crippen molar-refractivity contribution in [2.75, 3.05) is 0 Å². The molecule has 0 heterocycles. The minimum Gasteiger partial charge on any atom is -0.481 e. The molecule has 0 aliphatic carbocycles. The second-order valence-electron chi connectivity index (χ2n) is 5.23. The zero-order chi connectivity index (χ0) is 15.8. The smallest absolute Gasteiger partial charge is 0.307 e. The van der Waals surface area contributed by atoms with Crippen LogP contribution in [0.15, 0.2) is 36.5 Å². The molecule has 1 atom stereocenters. The fourth-order valence-corrected chi connectivity index (χ4v) is 1.89. The van der Waals surface area contributed by atoms with Crippen molar-refractivity contribution in [1.82, 2.24) is 0 Å². The summed E-state index contributed by atoms with van der Waals surface area (Å²) in [5.41, 5.74) is 0. The number of aliphatic hydroxyl groups is 1. The first kappa shape index (κ1) is 19.7. The van der Waals surface area contributed by atoms with Gasteiger partial charge in [0.25, 0.3) is 0 Å². The van der Waals surface area contributed by atoms with E-state index in [1.165, 1.54) is 19.3 Å².